The number of carbonyl (C=O) groups excluding carboxylic acids is 1. The van der Waals surface area contributed by atoms with Crippen LogP contribution in [0.25, 0.3) is 11.3 Å². The molecule has 3 aliphatic rings. The van der Waals surface area contributed by atoms with Crippen molar-refractivity contribution in [2.24, 2.45) is 0 Å². The number of halogens is 4. The summed E-state index contributed by atoms with van der Waals surface area (Å²) >= 11 is 0. The summed E-state index contributed by atoms with van der Waals surface area (Å²) in [6.45, 7) is 0.939. The molecule has 1 aromatic carbocycles. The molecule has 5 rings (SSSR count). The number of alkyl halides is 4. The van der Waals surface area contributed by atoms with Crippen molar-refractivity contribution in [2.45, 2.75) is 43.9 Å². The zero-order valence-corrected chi connectivity index (χ0v) is 16.3. The van der Waals surface area contributed by atoms with Crippen molar-refractivity contribution in [1.29, 1.82) is 0 Å². The third-order valence-electron chi connectivity index (χ3n) is 5.93. The van der Waals surface area contributed by atoms with Gasteiger partial charge in [-0.25, -0.2) is 9.97 Å². The number of ether oxygens (including phenoxy) is 1. The number of fused-ring (bicyclic) bond motifs is 2. The van der Waals surface area contributed by atoms with E-state index in [1.54, 1.807) is 11.8 Å². The fourth-order valence-electron chi connectivity index (χ4n) is 4.05. The second kappa shape index (κ2) is 6.52. The summed E-state index contributed by atoms with van der Waals surface area (Å²) in [5, 5.41) is 11.9. The highest BCUT2D eigenvalue weighted by Gasteiger charge is 2.45. The highest BCUT2D eigenvalue weighted by atomic mass is 19.3. The SMILES string of the molecule is C[C@H]1[C@H](O)CN1c1nc(-c2ccc3c(c2)OC(F)(F)CNC3=O)c2c(n1)C(F)(F)CC2. The van der Waals surface area contributed by atoms with Gasteiger partial charge in [-0.15, -0.1) is 0 Å². The van der Waals surface area contributed by atoms with Gasteiger partial charge in [-0.2, -0.15) is 17.6 Å². The van der Waals surface area contributed by atoms with Crippen LogP contribution in [0.5, 0.6) is 5.75 Å². The number of rotatable bonds is 2. The van der Waals surface area contributed by atoms with Gasteiger partial charge in [0, 0.05) is 24.1 Å². The largest absolute Gasteiger partial charge is 0.430 e. The second-order valence-corrected chi connectivity index (χ2v) is 8.00. The number of nitrogens with zero attached hydrogens (tertiary/aromatic N) is 3. The minimum atomic E-state index is -3.62. The van der Waals surface area contributed by atoms with Crippen molar-refractivity contribution >= 4 is 11.9 Å². The Morgan fingerprint density at radius 3 is 2.74 bits per heavy atom. The van der Waals surface area contributed by atoms with Crippen molar-refractivity contribution in [2.75, 3.05) is 18.0 Å². The van der Waals surface area contributed by atoms with Crippen LogP contribution < -0.4 is 15.0 Å². The molecule has 0 saturated carbocycles. The molecule has 0 unspecified atom stereocenters. The maximum absolute atomic E-state index is 14.5. The van der Waals surface area contributed by atoms with E-state index in [-0.39, 0.29) is 53.1 Å². The summed E-state index contributed by atoms with van der Waals surface area (Å²) in [6, 6.07) is 3.63. The van der Waals surface area contributed by atoms with Crippen LogP contribution >= 0.6 is 0 Å². The van der Waals surface area contributed by atoms with E-state index in [2.05, 4.69) is 15.3 Å². The average molecular weight is 438 g/mol. The number of aliphatic hydroxyl groups is 1. The molecule has 1 amide bonds. The monoisotopic (exact) mass is 438 g/mol. The first kappa shape index (κ1) is 20.0. The van der Waals surface area contributed by atoms with Crippen LogP contribution in [0, 0.1) is 0 Å². The van der Waals surface area contributed by atoms with Crippen molar-refractivity contribution < 1.29 is 32.2 Å². The van der Waals surface area contributed by atoms with E-state index in [4.69, 9.17) is 4.74 Å². The number of benzene rings is 1. The second-order valence-electron chi connectivity index (χ2n) is 8.00. The minimum absolute atomic E-state index is 0.0186. The lowest BCUT2D eigenvalue weighted by atomic mass is 10.0. The Morgan fingerprint density at radius 1 is 1.26 bits per heavy atom. The van der Waals surface area contributed by atoms with Gasteiger partial charge in [-0.05, 0) is 25.5 Å². The van der Waals surface area contributed by atoms with Crippen LogP contribution in [-0.2, 0) is 12.3 Å². The molecule has 1 fully saturated rings. The molecule has 1 aromatic heterocycles. The highest BCUT2D eigenvalue weighted by Crippen LogP contribution is 2.45. The molecule has 0 radical (unpaired) electrons. The molecule has 2 atom stereocenters. The Labute approximate surface area is 174 Å². The van der Waals surface area contributed by atoms with Gasteiger partial charge in [0.25, 0.3) is 11.8 Å². The summed E-state index contributed by atoms with van der Waals surface area (Å²) in [5.41, 5.74) is 0.171. The molecule has 164 valence electrons. The van der Waals surface area contributed by atoms with E-state index >= 15 is 0 Å². The molecule has 11 heteroatoms. The van der Waals surface area contributed by atoms with Crippen molar-refractivity contribution in [3.8, 4) is 17.0 Å². The van der Waals surface area contributed by atoms with Gasteiger partial charge in [0.05, 0.1) is 23.4 Å². The number of β-amino-alcohol motifs (C(OH)–C–C–N with tert-alkyl or cyclic N) is 1. The maximum Gasteiger partial charge on any atom is 0.415 e. The quantitative estimate of drug-likeness (QED) is 0.701. The number of carbonyl (C=O) groups is 1. The molecule has 7 nitrogen and oxygen atoms in total. The fourth-order valence-corrected chi connectivity index (χ4v) is 4.05. The molecule has 3 heterocycles. The molecule has 2 aromatic rings. The Kier molecular flexibility index (Phi) is 4.20. The molecule has 0 bridgehead atoms. The predicted molar refractivity (Wildman–Crippen MR) is 100 cm³/mol. The lowest BCUT2D eigenvalue weighted by Crippen LogP contribution is -2.59. The summed E-state index contributed by atoms with van der Waals surface area (Å²) in [7, 11) is 0. The van der Waals surface area contributed by atoms with Gasteiger partial charge in [-0.3, -0.25) is 4.79 Å². The maximum atomic E-state index is 14.5. The summed E-state index contributed by atoms with van der Waals surface area (Å²) < 4.78 is 61.5. The van der Waals surface area contributed by atoms with Gasteiger partial charge in [0.2, 0.25) is 5.95 Å². The van der Waals surface area contributed by atoms with Crippen LogP contribution in [-0.4, -0.2) is 52.3 Å². The standard InChI is InChI=1S/C20H18F4N4O3/c1-9-13(29)7-28(9)18-26-15(12-4-5-19(21,22)16(12)27-18)10-2-3-11-14(6-10)31-20(23,24)8-25-17(11)30/h2-3,6,9,13,29H,4-5,7-8H2,1H3,(H,25,30)/t9-,13+/m0/s1. The number of aromatic nitrogens is 2. The molecule has 2 aliphatic heterocycles. The summed E-state index contributed by atoms with van der Waals surface area (Å²) in [6.07, 6.45) is -4.66. The van der Waals surface area contributed by atoms with Crippen LogP contribution in [0.3, 0.4) is 0 Å². The molecular formula is C20H18F4N4O3. The molecule has 1 aliphatic carbocycles. The fraction of sp³-hybridized carbons (Fsp3) is 0.450. The van der Waals surface area contributed by atoms with Crippen molar-refractivity contribution in [1.82, 2.24) is 15.3 Å². The highest BCUT2D eigenvalue weighted by molar-refractivity contribution is 5.98. The van der Waals surface area contributed by atoms with Gasteiger partial charge in [0.15, 0.2) is 0 Å². The third-order valence-corrected chi connectivity index (χ3v) is 5.93. The van der Waals surface area contributed by atoms with Gasteiger partial charge in [0.1, 0.15) is 18.0 Å². The first-order chi connectivity index (χ1) is 14.6. The first-order valence-electron chi connectivity index (χ1n) is 9.79. The van der Waals surface area contributed by atoms with E-state index < -0.39 is 42.7 Å². The zero-order valence-electron chi connectivity index (χ0n) is 16.3. The van der Waals surface area contributed by atoms with Crippen LogP contribution in [0.2, 0.25) is 0 Å². The Morgan fingerprint density at radius 2 is 2.03 bits per heavy atom. The van der Waals surface area contributed by atoms with E-state index in [9.17, 15) is 27.5 Å². The third kappa shape index (κ3) is 3.18. The van der Waals surface area contributed by atoms with Crippen molar-refractivity contribution in [3.05, 3.63) is 35.0 Å². The Balaban J connectivity index is 1.65. The number of nitrogens with one attached hydrogen (secondary N) is 1. The summed E-state index contributed by atoms with van der Waals surface area (Å²) in [4.78, 5) is 22.2. The van der Waals surface area contributed by atoms with E-state index in [1.165, 1.54) is 18.2 Å². The number of aliphatic hydroxyl groups excluding tert-OH is 1. The van der Waals surface area contributed by atoms with Crippen LogP contribution in [0.1, 0.15) is 35.0 Å². The topological polar surface area (TPSA) is 87.6 Å². The molecule has 1 saturated heterocycles. The normalized spacial score (nSPS) is 25.6. The molecule has 0 spiro atoms. The Bertz CT molecular complexity index is 1090. The van der Waals surface area contributed by atoms with Gasteiger partial charge >= 0.3 is 6.11 Å². The molecule has 31 heavy (non-hydrogen) atoms. The number of hydrogen-bond donors (Lipinski definition) is 2. The lowest BCUT2D eigenvalue weighted by Gasteiger charge is -2.43. The first-order valence-corrected chi connectivity index (χ1v) is 9.79. The lowest BCUT2D eigenvalue weighted by molar-refractivity contribution is -0.168. The van der Waals surface area contributed by atoms with E-state index in [0.29, 0.717) is 0 Å². The number of amides is 1. The van der Waals surface area contributed by atoms with E-state index in [0.717, 1.165) is 0 Å². The number of anilines is 1. The van der Waals surface area contributed by atoms with Crippen LogP contribution in [0.4, 0.5) is 23.5 Å². The predicted octanol–water partition coefficient (Wildman–Crippen LogP) is 2.47. The van der Waals surface area contributed by atoms with Crippen LogP contribution in [0.15, 0.2) is 18.2 Å². The van der Waals surface area contributed by atoms with Gasteiger partial charge in [-0.1, -0.05) is 6.07 Å². The summed E-state index contributed by atoms with van der Waals surface area (Å²) in [5.74, 6) is -4.19. The number of hydrogen-bond acceptors (Lipinski definition) is 6. The van der Waals surface area contributed by atoms with E-state index in [1.807, 2.05) is 0 Å². The van der Waals surface area contributed by atoms with Crippen molar-refractivity contribution in [3.63, 3.8) is 0 Å². The zero-order chi connectivity index (χ0) is 22.1. The molecule has 2 N–H and O–H groups in total. The minimum Gasteiger partial charge on any atom is -0.430 e. The smallest absolute Gasteiger partial charge is 0.415 e. The van der Waals surface area contributed by atoms with Gasteiger partial charge < -0.3 is 20.1 Å². The molecular weight excluding hydrogens is 420 g/mol. The average Bonchev–Trinajstić information content (AvgIpc) is 2.97. The Hall–Kier alpha value is -2.95.